The quantitative estimate of drug-likeness (QED) is 0.0285. The van der Waals surface area contributed by atoms with Crippen LogP contribution in [0.15, 0.2) is 120 Å². The van der Waals surface area contributed by atoms with Crippen LogP contribution in [0, 0.1) is 0 Å². The molecule has 1 fully saturated rings. The van der Waals surface area contributed by atoms with Crippen molar-refractivity contribution in [2.24, 2.45) is 0 Å². The van der Waals surface area contributed by atoms with Gasteiger partial charge in [-0.15, -0.1) is 0 Å². The van der Waals surface area contributed by atoms with E-state index < -0.39 is 23.5 Å². The third kappa shape index (κ3) is 13.1. The van der Waals surface area contributed by atoms with E-state index >= 15 is 0 Å². The van der Waals surface area contributed by atoms with Crippen molar-refractivity contribution >= 4 is 40.4 Å². The number of carboxylic acid groups (broad SMARTS) is 1. The minimum atomic E-state index is -1.05. The normalized spacial score (nSPS) is 16.7. The van der Waals surface area contributed by atoms with Crippen molar-refractivity contribution in [1.29, 1.82) is 0 Å². The van der Waals surface area contributed by atoms with Crippen LogP contribution in [0.3, 0.4) is 0 Å². The third-order valence-electron chi connectivity index (χ3n) is 14.2. The number of piperidine rings is 1. The van der Waals surface area contributed by atoms with Gasteiger partial charge in [-0.1, -0.05) is 93.2 Å². The van der Waals surface area contributed by atoms with Crippen molar-refractivity contribution in [3.05, 3.63) is 148 Å². The maximum absolute atomic E-state index is 12.9. The fourth-order valence-electron chi connectivity index (χ4n) is 10.4. The second-order valence-electron chi connectivity index (χ2n) is 19.6. The molecule has 0 bridgehead atoms. The Labute approximate surface area is 451 Å². The summed E-state index contributed by atoms with van der Waals surface area (Å²) in [7, 11) is 3.33. The highest BCUT2D eigenvalue weighted by atomic mass is 16.6. The number of benzene rings is 5. The maximum atomic E-state index is 12.9. The molecule has 5 aromatic rings. The van der Waals surface area contributed by atoms with Gasteiger partial charge in [0.15, 0.2) is 5.60 Å². The number of carboxylic acids is 1. The Morgan fingerprint density at radius 1 is 0.701 bits per heavy atom. The summed E-state index contributed by atoms with van der Waals surface area (Å²) in [6, 6.07) is 31.2. The monoisotopic (exact) mass is 1050 g/mol. The van der Waals surface area contributed by atoms with Crippen molar-refractivity contribution in [2.45, 2.75) is 57.5 Å². The summed E-state index contributed by atoms with van der Waals surface area (Å²) in [5.74, 6) is 0.160. The van der Waals surface area contributed by atoms with Gasteiger partial charge in [0.1, 0.15) is 30.5 Å². The number of esters is 2. The molecule has 0 spiro atoms. The molecule has 1 N–H and O–H groups in total. The number of ether oxygens (including phenoxy) is 10. The van der Waals surface area contributed by atoms with Gasteiger partial charge < -0.3 is 57.4 Å². The number of fused-ring (bicyclic) bond motifs is 8. The Kier molecular flexibility index (Phi) is 19.2. The van der Waals surface area contributed by atoms with Crippen LogP contribution >= 0.6 is 0 Å². The van der Waals surface area contributed by atoms with E-state index in [2.05, 4.69) is 98.1 Å². The lowest BCUT2D eigenvalue weighted by Gasteiger charge is -2.39. The van der Waals surface area contributed by atoms with Gasteiger partial charge in [-0.2, -0.15) is 0 Å². The molecular formula is C62H71NO14. The summed E-state index contributed by atoms with van der Waals surface area (Å²) < 4.78 is 57.2. The molecule has 0 saturated carbocycles. The molecule has 0 radical (unpaired) electrons. The van der Waals surface area contributed by atoms with Crippen LogP contribution in [0.25, 0.3) is 28.0 Å². The number of hydrogen-bond donors (Lipinski definition) is 1. The van der Waals surface area contributed by atoms with Gasteiger partial charge >= 0.3 is 17.9 Å². The zero-order chi connectivity index (χ0) is 54.4. The van der Waals surface area contributed by atoms with E-state index in [1.165, 1.54) is 11.1 Å². The molecule has 1 aliphatic carbocycles. The number of aliphatic carboxylic acids is 1. The lowest BCUT2D eigenvalue weighted by Crippen LogP contribution is -2.35. The zero-order valence-corrected chi connectivity index (χ0v) is 45.0. The molecule has 0 amide bonds. The second kappa shape index (κ2) is 26.4. The summed E-state index contributed by atoms with van der Waals surface area (Å²) >= 11 is 0. The highest BCUT2D eigenvalue weighted by Crippen LogP contribution is 2.59. The topological polar surface area (TPSA) is 167 Å². The highest BCUT2D eigenvalue weighted by Gasteiger charge is 2.44. The Hall–Kier alpha value is -7.01. The van der Waals surface area contributed by atoms with Gasteiger partial charge in [0.05, 0.1) is 86.0 Å². The molecule has 408 valence electrons. The van der Waals surface area contributed by atoms with Gasteiger partial charge in [0, 0.05) is 58.1 Å². The standard InChI is InChI=1S/C62H71NO14/c1-42(2)60(67)76-38-36-74-34-32-72-30-28-70-27-29-71-31-33-73-35-37-75-55(64)23-22-47(59(65)66)43-13-12-26-63(41-43)53-39-50-51(40-54(53)69-6)58-49(57-56(50)48-16-10-11-17-52(48)61(57,3)4)24-25-62(77-58,44-14-8-7-9-15-44)45-18-20-46(68-5)21-19-45/h7-11,14-21,24-25,39-40H,1,12-13,22-23,26-38,41H2,2-6H3,(H,65,66). The van der Waals surface area contributed by atoms with Crippen LogP contribution in [0.4, 0.5) is 5.69 Å². The Balaban J connectivity index is 0.887. The SMILES string of the molecule is C=C(C)C(=O)OCCOCCOCCOCCOCCOCCOC(=O)CCC(C(=O)O)=C1CCCN(c2cc3c4c(c5c(c3cc2OC)OC(c2ccccc2)(c2ccc(OC)cc2)C=C5)C(C)(C)c2ccccc2-4)C1. The summed E-state index contributed by atoms with van der Waals surface area (Å²) in [6.45, 7) is 14.4. The maximum Gasteiger partial charge on any atom is 0.333 e. The summed E-state index contributed by atoms with van der Waals surface area (Å²) in [5.41, 5.74) is 8.50. The van der Waals surface area contributed by atoms with Gasteiger partial charge in [0.2, 0.25) is 0 Å². The molecule has 5 aromatic carbocycles. The predicted octanol–water partition coefficient (Wildman–Crippen LogP) is 10.0. The molecule has 15 nitrogen and oxygen atoms in total. The Morgan fingerprint density at radius 3 is 1.91 bits per heavy atom. The van der Waals surface area contributed by atoms with E-state index in [-0.39, 0.29) is 50.3 Å². The summed E-state index contributed by atoms with van der Waals surface area (Å²) in [6.07, 6.45) is 5.67. The number of rotatable bonds is 28. The number of nitrogens with zero attached hydrogens (tertiary/aromatic N) is 1. The molecule has 77 heavy (non-hydrogen) atoms. The summed E-state index contributed by atoms with van der Waals surface area (Å²) in [5, 5.41) is 12.5. The molecule has 1 saturated heterocycles. The van der Waals surface area contributed by atoms with E-state index in [4.69, 9.17) is 47.4 Å². The zero-order valence-electron chi connectivity index (χ0n) is 45.0. The van der Waals surface area contributed by atoms with E-state index in [0.717, 1.165) is 61.3 Å². The van der Waals surface area contributed by atoms with Crippen LogP contribution < -0.4 is 19.1 Å². The molecule has 3 aliphatic rings. The number of methoxy groups -OCH3 is 2. The Bertz CT molecular complexity index is 2950. The van der Waals surface area contributed by atoms with E-state index in [1.54, 1.807) is 21.1 Å². The second-order valence-corrected chi connectivity index (χ2v) is 19.6. The fraction of sp³-hybridized carbons (Fsp3) is 0.403. The van der Waals surface area contributed by atoms with Gasteiger partial charge in [-0.3, -0.25) is 4.79 Å². The minimum absolute atomic E-state index is 0.0353. The molecule has 1 atom stereocenters. The summed E-state index contributed by atoms with van der Waals surface area (Å²) in [4.78, 5) is 39.3. The first-order valence-electron chi connectivity index (χ1n) is 26.3. The van der Waals surface area contributed by atoms with Gasteiger partial charge in [-0.25, -0.2) is 9.59 Å². The molecule has 2 heterocycles. The molecule has 2 aliphatic heterocycles. The number of carbonyl (C=O) groups excluding carboxylic acids is 2. The molecular weight excluding hydrogens is 983 g/mol. The molecule has 8 rings (SSSR count). The third-order valence-corrected chi connectivity index (χ3v) is 14.2. The van der Waals surface area contributed by atoms with E-state index in [0.29, 0.717) is 90.1 Å². The smallest absolute Gasteiger partial charge is 0.333 e. The first kappa shape index (κ1) is 56.2. The average Bonchev–Trinajstić information content (AvgIpc) is 3.78. The van der Waals surface area contributed by atoms with Crippen molar-refractivity contribution in [2.75, 3.05) is 111 Å². The fourth-order valence-corrected chi connectivity index (χ4v) is 10.4. The van der Waals surface area contributed by atoms with Crippen molar-refractivity contribution in [3.63, 3.8) is 0 Å². The van der Waals surface area contributed by atoms with Crippen molar-refractivity contribution in [3.8, 4) is 28.4 Å². The molecule has 15 heteroatoms. The number of hydrogen-bond acceptors (Lipinski definition) is 14. The largest absolute Gasteiger partial charge is 0.497 e. The van der Waals surface area contributed by atoms with E-state index in [1.807, 2.05) is 30.3 Å². The number of carbonyl (C=O) groups is 3. The van der Waals surface area contributed by atoms with Crippen LogP contribution in [-0.4, -0.2) is 130 Å². The van der Waals surface area contributed by atoms with Crippen LogP contribution in [-0.2, 0) is 58.6 Å². The van der Waals surface area contributed by atoms with E-state index in [9.17, 15) is 19.5 Å². The minimum Gasteiger partial charge on any atom is -0.497 e. The molecule has 1 unspecified atom stereocenters. The highest BCUT2D eigenvalue weighted by molar-refractivity contribution is 6.10. The lowest BCUT2D eigenvalue weighted by atomic mass is 9.76. The van der Waals surface area contributed by atoms with Crippen molar-refractivity contribution in [1.82, 2.24) is 0 Å². The van der Waals surface area contributed by atoms with Gasteiger partial charge in [0.25, 0.3) is 0 Å². The first-order valence-corrected chi connectivity index (χ1v) is 26.3. The van der Waals surface area contributed by atoms with Crippen LogP contribution in [0.5, 0.6) is 17.2 Å². The number of anilines is 1. The average molecular weight is 1050 g/mol. The van der Waals surface area contributed by atoms with Gasteiger partial charge in [-0.05, 0) is 89.7 Å². The van der Waals surface area contributed by atoms with Crippen LogP contribution in [0.2, 0.25) is 0 Å². The van der Waals surface area contributed by atoms with Crippen molar-refractivity contribution < 1.29 is 66.9 Å². The van der Waals surface area contributed by atoms with Crippen LogP contribution in [0.1, 0.15) is 74.3 Å². The lowest BCUT2D eigenvalue weighted by molar-refractivity contribution is -0.145. The predicted molar refractivity (Wildman–Crippen MR) is 294 cm³/mol. The Morgan fingerprint density at radius 2 is 1.30 bits per heavy atom. The molecule has 0 aromatic heterocycles. The first-order chi connectivity index (χ1) is 37.4.